The largest absolute Gasteiger partial charge is 0.341 e. The smallest absolute Gasteiger partial charge is 0.261 e. The molecule has 0 aromatic heterocycles. The van der Waals surface area contributed by atoms with Gasteiger partial charge in [0.15, 0.2) is 11.0 Å². The standard InChI is InChI=1S/C21H21N3O5S2/c1-13(25)14-4-6-15(7-5-14)23-31(28,29)16-8-9-18-17(12-16)22-20(26)19(30-18)21(27)24-10-2-3-11-24/h4-9,12,19,23H,2-3,10-11H2,1H3,(H,22,26). The van der Waals surface area contributed by atoms with Gasteiger partial charge >= 0.3 is 0 Å². The van der Waals surface area contributed by atoms with Crippen molar-refractivity contribution in [3.63, 3.8) is 0 Å². The number of sulfonamides is 1. The lowest BCUT2D eigenvalue weighted by atomic mass is 10.1. The Balaban J connectivity index is 1.53. The number of nitrogens with one attached hydrogen (secondary N) is 2. The fourth-order valence-electron chi connectivity index (χ4n) is 3.51. The van der Waals surface area contributed by atoms with Crippen molar-refractivity contribution < 1.29 is 22.8 Å². The Morgan fingerprint density at radius 3 is 2.42 bits per heavy atom. The molecule has 1 saturated heterocycles. The summed E-state index contributed by atoms with van der Waals surface area (Å²) in [7, 11) is -3.91. The van der Waals surface area contributed by atoms with E-state index < -0.39 is 21.2 Å². The van der Waals surface area contributed by atoms with Crippen LogP contribution in [0.2, 0.25) is 0 Å². The van der Waals surface area contributed by atoms with E-state index in [0.29, 0.717) is 34.9 Å². The summed E-state index contributed by atoms with van der Waals surface area (Å²) in [6, 6.07) is 10.5. The Morgan fingerprint density at radius 1 is 1.10 bits per heavy atom. The van der Waals surface area contributed by atoms with Crippen molar-refractivity contribution in [2.75, 3.05) is 23.1 Å². The van der Waals surface area contributed by atoms with Crippen LogP contribution in [0.25, 0.3) is 0 Å². The SMILES string of the molecule is CC(=O)c1ccc(NS(=O)(=O)c2ccc3c(c2)NC(=O)C(C(=O)N2CCCC2)S3)cc1. The summed E-state index contributed by atoms with van der Waals surface area (Å²) in [4.78, 5) is 38.8. The van der Waals surface area contributed by atoms with E-state index in [1.165, 1.54) is 31.2 Å². The second-order valence-corrected chi connectivity index (χ2v) is 10.2. The van der Waals surface area contributed by atoms with Crippen LogP contribution in [0.3, 0.4) is 0 Å². The van der Waals surface area contributed by atoms with E-state index in [0.717, 1.165) is 24.6 Å². The average Bonchev–Trinajstić information content (AvgIpc) is 3.27. The number of Topliss-reactive ketones (excluding diaryl/α,β-unsaturated/α-hetero) is 1. The van der Waals surface area contributed by atoms with Gasteiger partial charge in [0.2, 0.25) is 11.8 Å². The molecule has 1 atom stereocenters. The number of benzene rings is 2. The van der Waals surface area contributed by atoms with Gasteiger partial charge in [-0.15, -0.1) is 11.8 Å². The monoisotopic (exact) mass is 459 g/mol. The summed E-state index contributed by atoms with van der Waals surface area (Å²) in [6.07, 6.45) is 1.88. The van der Waals surface area contributed by atoms with Crippen molar-refractivity contribution >= 4 is 50.8 Å². The summed E-state index contributed by atoms with van der Waals surface area (Å²) in [5.74, 6) is -0.770. The van der Waals surface area contributed by atoms with Gasteiger partial charge in [-0.3, -0.25) is 19.1 Å². The summed E-state index contributed by atoms with van der Waals surface area (Å²) >= 11 is 1.14. The van der Waals surface area contributed by atoms with E-state index in [1.54, 1.807) is 23.1 Å². The fourth-order valence-corrected chi connectivity index (χ4v) is 5.65. The highest BCUT2D eigenvalue weighted by molar-refractivity contribution is 8.01. The van der Waals surface area contributed by atoms with Crippen LogP contribution in [0.15, 0.2) is 52.3 Å². The summed E-state index contributed by atoms with van der Waals surface area (Å²) in [5, 5.41) is 1.80. The van der Waals surface area contributed by atoms with Crippen molar-refractivity contribution in [2.45, 2.75) is 34.8 Å². The molecule has 10 heteroatoms. The zero-order valence-corrected chi connectivity index (χ0v) is 18.4. The summed E-state index contributed by atoms with van der Waals surface area (Å²) in [5.41, 5.74) is 1.15. The lowest BCUT2D eigenvalue weighted by Gasteiger charge is -2.27. The maximum absolute atomic E-state index is 12.8. The van der Waals surface area contributed by atoms with Crippen LogP contribution >= 0.6 is 11.8 Å². The summed E-state index contributed by atoms with van der Waals surface area (Å²) in [6.45, 7) is 2.75. The molecule has 162 valence electrons. The van der Waals surface area contributed by atoms with Crippen LogP contribution in [0.5, 0.6) is 0 Å². The minimum Gasteiger partial charge on any atom is -0.341 e. The predicted octanol–water partition coefficient (Wildman–Crippen LogP) is 2.73. The molecule has 0 spiro atoms. The molecule has 0 radical (unpaired) electrons. The molecular weight excluding hydrogens is 438 g/mol. The lowest BCUT2D eigenvalue weighted by molar-refractivity contribution is -0.133. The topological polar surface area (TPSA) is 113 Å². The molecule has 2 N–H and O–H groups in total. The first-order valence-corrected chi connectivity index (χ1v) is 12.1. The molecule has 2 heterocycles. The number of anilines is 2. The number of hydrogen-bond donors (Lipinski definition) is 2. The van der Waals surface area contributed by atoms with Gasteiger partial charge in [0.05, 0.1) is 10.6 Å². The van der Waals surface area contributed by atoms with Crippen LogP contribution in [-0.4, -0.2) is 49.3 Å². The molecule has 8 nitrogen and oxygen atoms in total. The number of carbonyl (C=O) groups excluding carboxylic acids is 3. The van der Waals surface area contributed by atoms with E-state index in [2.05, 4.69) is 10.0 Å². The van der Waals surface area contributed by atoms with E-state index in [9.17, 15) is 22.8 Å². The molecule has 2 aliphatic rings. The maximum Gasteiger partial charge on any atom is 0.261 e. The molecule has 1 fully saturated rings. The van der Waals surface area contributed by atoms with Crippen molar-refractivity contribution in [2.24, 2.45) is 0 Å². The van der Waals surface area contributed by atoms with Crippen LogP contribution in [0.1, 0.15) is 30.1 Å². The molecule has 0 saturated carbocycles. The van der Waals surface area contributed by atoms with Crippen LogP contribution in [0, 0.1) is 0 Å². The Bertz CT molecular complexity index is 1160. The normalized spacial score (nSPS) is 18.3. The number of fused-ring (bicyclic) bond motifs is 1. The first-order chi connectivity index (χ1) is 14.7. The number of amides is 2. The minimum atomic E-state index is -3.91. The van der Waals surface area contributed by atoms with E-state index >= 15 is 0 Å². The van der Waals surface area contributed by atoms with Gasteiger partial charge in [0.1, 0.15) is 0 Å². The van der Waals surface area contributed by atoms with Gasteiger partial charge in [0.25, 0.3) is 10.0 Å². The highest BCUT2D eigenvalue weighted by Crippen LogP contribution is 2.38. The van der Waals surface area contributed by atoms with Gasteiger partial charge in [0, 0.05) is 29.2 Å². The van der Waals surface area contributed by atoms with Crippen molar-refractivity contribution in [3.05, 3.63) is 48.0 Å². The molecule has 4 rings (SSSR count). The Labute approximate surface area is 184 Å². The number of likely N-dealkylation sites (tertiary alicyclic amines) is 1. The molecule has 0 bridgehead atoms. The van der Waals surface area contributed by atoms with Crippen LogP contribution < -0.4 is 10.0 Å². The molecular formula is C21H21N3O5S2. The average molecular weight is 460 g/mol. The minimum absolute atomic E-state index is 0.0212. The third kappa shape index (κ3) is 4.45. The highest BCUT2D eigenvalue weighted by atomic mass is 32.2. The summed E-state index contributed by atoms with van der Waals surface area (Å²) < 4.78 is 28.0. The van der Waals surface area contributed by atoms with E-state index in [4.69, 9.17) is 0 Å². The first kappa shape index (κ1) is 21.4. The van der Waals surface area contributed by atoms with Gasteiger partial charge in [-0.2, -0.15) is 0 Å². The van der Waals surface area contributed by atoms with Crippen LogP contribution in [0.4, 0.5) is 11.4 Å². The number of ketones is 1. The van der Waals surface area contributed by atoms with Gasteiger partial charge in [-0.05, 0) is 62.2 Å². The van der Waals surface area contributed by atoms with Gasteiger partial charge in [-0.25, -0.2) is 8.42 Å². The highest BCUT2D eigenvalue weighted by Gasteiger charge is 2.37. The second kappa shape index (κ2) is 8.35. The zero-order chi connectivity index (χ0) is 22.2. The molecule has 2 aromatic carbocycles. The Kier molecular flexibility index (Phi) is 5.76. The Morgan fingerprint density at radius 2 is 1.77 bits per heavy atom. The Hall–Kier alpha value is -2.85. The lowest BCUT2D eigenvalue weighted by Crippen LogP contribution is -2.43. The third-order valence-electron chi connectivity index (χ3n) is 5.19. The van der Waals surface area contributed by atoms with E-state index in [1.807, 2.05) is 0 Å². The number of thioether (sulfide) groups is 1. The van der Waals surface area contributed by atoms with Gasteiger partial charge < -0.3 is 10.2 Å². The second-order valence-electron chi connectivity index (χ2n) is 7.42. The quantitative estimate of drug-likeness (QED) is 0.525. The van der Waals surface area contributed by atoms with Crippen molar-refractivity contribution in [3.8, 4) is 0 Å². The zero-order valence-electron chi connectivity index (χ0n) is 16.8. The van der Waals surface area contributed by atoms with Gasteiger partial charge in [-0.1, -0.05) is 0 Å². The number of nitrogens with zero attached hydrogens (tertiary/aromatic N) is 1. The number of carbonyl (C=O) groups is 3. The molecule has 0 aliphatic carbocycles. The molecule has 1 unspecified atom stereocenters. The molecule has 2 aromatic rings. The van der Waals surface area contributed by atoms with Crippen molar-refractivity contribution in [1.82, 2.24) is 4.90 Å². The predicted molar refractivity (Wildman–Crippen MR) is 118 cm³/mol. The molecule has 2 amide bonds. The number of hydrogen-bond acceptors (Lipinski definition) is 6. The van der Waals surface area contributed by atoms with E-state index in [-0.39, 0.29) is 16.6 Å². The fraction of sp³-hybridized carbons (Fsp3) is 0.286. The van der Waals surface area contributed by atoms with Crippen molar-refractivity contribution in [1.29, 1.82) is 0 Å². The third-order valence-corrected chi connectivity index (χ3v) is 7.83. The number of rotatable bonds is 5. The maximum atomic E-state index is 12.8. The molecule has 31 heavy (non-hydrogen) atoms. The first-order valence-electron chi connectivity index (χ1n) is 9.79. The molecule has 2 aliphatic heterocycles. The van der Waals surface area contributed by atoms with Crippen LogP contribution in [-0.2, 0) is 19.6 Å².